The minimum Gasteiger partial charge on any atom is -0.481 e. The van der Waals surface area contributed by atoms with Gasteiger partial charge in [0.2, 0.25) is 0 Å². The molecule has 22 heavy (non-hydrogen) atoms. The highest BCUT2D eigenvalue weighted by Crippen LogP contribution is 2.36. The first-order valence-corrected chi connectivity index (χ1v) is 6.87. The minimum absolute atomic E-state index is 0.156. The molecule has 0 bridgehead atoms. The number of nitrogens with zero attached hydrogens (tertiary/aromatic N) is 3. The fourth-order valence-electron chi connectivity index (χ4n) is 2.62. The van der Waals surface area contributed by atoms with Crippen LogP contribution in [0, 0.1) is 0 Å². The first-order valence-electron chi connectivity index (χ1n) is 6.87. The SMILES string of the molecule is Cn1nccc1C=CC(=O)N1CC(C(=O)O)c2ccccc21. The number of aryl methyl sites for hydroxylation is 1. The second-order valence-electron chi connectivity index (χ2n) is 5.11. The van der Waals surface area contributed by atoms with Crippen molar-refractivity contribution in [2.24, 2.45) is 7.05 Å². The quantitative estimate of drug-likeness (QED) is 0.874. The van der Waals surface area contributed by atoms with E-state index < -0.39 is 11.9 Å². The zero-order valence-electron chi connectivity index (χ0n) is 12.0. The average molecular weight is 297 g/mol. The number of carbonyl (C=O) groups is 2. The van der Waals surface area contributed by atoms with Gasteiger partial charge in [0.05, 0.1) is 5.69 Å². The third-order valence-electron chi connectivity index (χ3n) is 3.79. The molecule has 2 aromatic rings. The van der Waals surface area contributed by atoms with Gasteiger partial charge in [-0.25, -0.2) is 0 Å². The largest absolute Gasteiger partial charge is 0.481 e. The van der Waals surface area contributed by atoms with E-state index in [1.54, 1.807) is 54.3 Å². The molecule has 1 N–H and O–H groups in total. The van der Waals surface area contributed by atoms with Gasteiger partial charge in [-0.2, -0.15) is 5.10 Å². The Labute approximate surface area is 127 Å². The zero-order chi connectivity index (χ0) is 15.7. The summed E-state index contributed by atoms with van der Waals surface area (Å²) in [6, 6.07) is 8.91. The number of carbonyl (C=O) groups excluding carboxylic acids is 1. The van der Waals surface area contributed by atoms with Crippen LogP contribution in [0.5, 0.6) is 0 Å². The van der Waals surface area contributed by atoms with Crippen LogP contribution in [-0.4, -0.2) is 33.3 Å². The first-order chi connectivity index (χ1) is 10.6. The molecule has 1 unspecified atom stereocenters. The van der Waals surface area contributed by atoms with Crippen LogP contribution in [0.4, 0.5) is 5.69 Å². The van der Waals surface area contributed by atoms with E-state index in [1.165, 1.54) is 11.0 Å². The number of anilines is 1. The van der Waals surface area contributed by atoms with Gasteiger partial charge in [-0.3, -0.25) is 14.3 Å². The fraction of sp³-hybridized carbons (Fsp3) is 0.188. The summed E-state index contributed by atoms with van der Waals surface area (Å²) >= 11 is 0. The van der Waals surface area contributed by atoms with Gasteiger partial charge in [-0.1, -0.05) is 18.2 Å². The van der Waals surface area contributed by atoms with Gasteiger partial charge in [0.15, 0.2) is 0 Å². The second-order valence-corrected chi connectivity index (χ2v) is 5.11. The maximum atomic E-state index is 12.4. The molecule has 0 aliphatic carbocycles. The van der Waals surface area contributed by atoms with E-state index in [0.29, 0.717) is 11.3 Å². The maximum absolute atomic E-state index is 12.4. The number of aromatic nitrogens is 2. The molecule has 1 aliphatic heterocycles. The van der Waals surface area contributed by atoms with Gasteiger partial charge in [0, 0.05) is 31.6 Å². The summed E-state index contributed by atoms with van der Waals surface area (Å²) in [6.07, 6.45) is 4.76. The third kappa shape index (κ3) is 2.39. The van der Waals surface area contributed by atoms with E-state index in [0.717, 1.165) is 5.69 Å². The monoisotopic (exact) mass is 297 g/mol. The van der Waals surface area contributed by atoms with Crippen LogP contribution in [-0.2, 0) is 16.6 Å². The second kappa shape index (κ2) is 5.48. The van der Waals surface area contributed by atoms with Crippen molar-refractivity contribution in [3.63, 3.8) is 0 Å². The van der Waals surface area contributed by atoms with Crippen molar-refractivity contribution >= 4 is 23.6 Å². The lowest BCUT2D eigenvalue weighted by Gasteiger charge is -2.15. The molecule has 0 radical (unpaired) electrons. The fourth-order valence-corrected chi connectivity index (χ4v) is 2.62. The Morgan fingerprint density at radius 1 is 1.32 bits per heavy atom. The van der Waals surface area contributed by atoms with Crippen molar-refractivity contribution in [2.75, 3.05) is 11.4 Å². The van der Waals surface area contributed by atoms with Gasteiger partial charge < -0.3 is 10.0 Å². The van der Waals surface area contributed by atoms with E-state index in [1.807, 2.05) is 0 Å². The van der Waals surface area contributed by atoms with Gasteiger partial charge in [-0.05, 0) is 23.8 Å². The maximum Gasteiger partial charge on any atom is 0.312 e. The summed E-state index contributed by atoms with van der Waals surface area (Å²) in [5.74, 6) is -1.83. The standard InChI is InChI=1S/C16H15N3O3/c1-18-11(8-9-17-18)6-7-15(20)19-10-13(16(21)22)12-4-2-3-5-14(12)19/h2-9,13H,10H2,1H3,(H,21,22). The predicted octanol–water partition coefficient (Wildman–Crippen LogP) is 1.65. The zero-order valence-corrected chi connectivity index (χ0v) is 12.0. The molecule has 1 amide bonds. The third-order valence-corrected chi connectivity index (χ3v) is 3.79. The molecule has 3 rings (SSSR count). The van der Waals surface area contributed by atoms with Crippen LogP contribution in [0.3, 0.4) is 0 Å². The van der Waals surface area contributed by atoms with Crippen molar-refractivity contribution in [3.05, 3.63) is 53.9 Å². The number of rotatable bonds is 3. The van der Waals surface area contributed by atoms with E-state index in [-0.39, 0.29) is 12.5 Å². The molecule has 2 heterocycles. The number of para-hydroxylation sites is 1. The molecule has 6 nitrogen and oxygen atoms in total. The minimum atomic E-state index is -0.918. The molecule has 0 fully saturated rings. The van der Waals surface area contributed by atoms with Crippen LogP contribution in [0.1, 0.15) is 17.2 Å². The van der Waals surface area contributed by atoms with Crippen molar-refractivity contribution in [1.82, 2.24) is 9.78 Å². The van der Waals surface area contributed by atoms with Crippen LogP contribution in [0.2, 0.25) is 0 Å². The number of carboxylic acids is 1. The number of hydrogen-bond donors (Lipinski definition) is 1. The molecule has 1 atom stereocenters. The van der Waals surface area contributed by atoms with Gasteiger partial charge in [0.25, 0.3) is 5.91 Å². The molecule has 1 aromatic heterocycles. The van der Waals surface area contributed by atoms with Crippen molar-refractivity contribution < 1.29 is 14.7 Å². The van der Waals surface area contributed by atoms with Crippen LogP contribution in [0.25, 0.3) is 6.08 Å². The molecule has 0 saturated carbocycles. The lowest BCUT2D eigenvalue weighted by molar-refractivity contribution is -0.138. The lowest BCUT2D eigenvalue weighted by Crippen LogP contribution is -2.29. The predicted molar refractivity (Wildman–Crippen MR) is 81.4 cm³/mol. The molecule has 0 saturated heterocycles. The van der Waals surface area contributed by atoms with Crippen LogP contribution < -0.4 is 4.90 Å². The van der Waals surface area contributed by atoms with Crippen LogP contribution >= 0.6 is 0 Å². The molecular weight excluding hydrogens is 282 g/mol. The summed E-state index contributed by atoms with van der Waals surface area (Å²) in [6.45, 7) is 0.156. The Hall–Kier alpha value is -2.89. The average Bonchev–Trinajstić information content (AvgIpc) is 3.08. The number of hydrogen-bond acceptors (Lipinski definition) is 3. The van der Waals surface area contributed by atoms with Gasteiger partial charge >= 0.3 is 5.97 Å². The Bertz CT molecular complexity index is 764. The van der Waals surface area contributed by atoms with Gasteiger partial charge in [-0.15, -0.1) is 0 Å². The van der Waals surface area contributed by atoms with Crippen LogP contribution in [0.15, 0.2) is 42.6 Å². The summed E-state index contributed by atoms with van der Waals surface area (Å²) in [4.78, 5) is 25.3. The Balaban J connectivity index is 1.86. The lowest BCUT2D eigenvalue weighted by atomic mass is 10.0. The van der Waals surface area contributed by atoms with E-state index in [4.69, 9.17) is 0 Å². The Morgan fingerprint density at radius 2 is 2.09 bits per heavy atom. The van der Waals surface area contributed by atoms with E-state index in [2.05, 4.69) is 5.10 Å². The highest BCUT2D eigenvalue weighted by atomic mass is 16.4. The molecular formula is C16H15N3O3. The van der Waals surface area contributed by atoms with E-state index in [9.17, 15) is 14.7 Å². The Kier molecular flexibility index (Phi) is 3.50. The first kappa shape index (κ1) is 14.1. The Morgan fingerprint density at radius 3 is 2.77 bits per heavy atom. The highest BCUT2D eigenvalue weighted by Gasteiger charge is 2.35. The molecule has 6 heteroatoms. The summed E-state index contributed by atoms with van der Waals surface area (Å²) < 4.78 is 1.65. The summed E-state index contributed by atoms with van der Waals surface area (Å²) in [5, 5.41) is 13.3. The number of fused-ring (bicyclic) bond motifs is 1. The smallest absolute Gasteiger partial charge is 0.312 e. The molecule has 0 spiro atoms. The molecule has 112 valence electrons. The summed E-state index contributed by atoms with van der Waals surface area (Å²) in [7, 11) is 1.79. The summed E-state index contributed by atoms with van der Waals surface area (Å²) in [5.41, 5.74) is 2.14. The number of amides is 1. The molecule has 1 aromatic carbocycles. The molecule has 1 aliphatic rings. The van der Waals surface area contributed by atoms with Crippen molar-refractivity contribution in [2.45, 2.75) is 5.92 Å². The van der Waals surface area contributed by atoms with Gasteiger partial charge in [0.1, 0.15) is 5.92 Å². The topological polar surface area (TPSA) is 75.4 Å². The van der Waals surface area contributed by atoms with E-state index >= 15 is 0 Å². The van der Waals surface area contributed by atoms with Crippen molar-refractivity contribution in [1.29, 1.82) is 0 Å². The van der Waals surface area contributed by atoms with Crippen molar-refractivity contribution in [3.8, 4) is 0 Å². The number of benzene rings is 1. The number of aliphatic carboxylic acids is 1. The number of carboxylic acid groups (broad SMARTS) is 1. The normalized spacial score (nSPS) is 17.0. The highest BCUT2D eigenvalue weighted by molar-refractivity contribution is 6.06.